The van der Waals surface area contributed by atoms with Crippen molar-refractivity contribution in [1.82, 2.24) is 5.32 Å². The molecule has 4 heteroatoms. The van der Waals surface area contributed by atoms with Gasteiger partial charge in [0.1, 0.15) is 0 Å². The molecule has 0 saturated heterocycles. The summed E-state index contributed by atoms with van der Waals surface area (Å²) < 4.78 is 1.39. The molecule has 0 spiro atoms. The van der Waals surface area contributed by atoms with Crippen molar-refractivity contribution < 1.29 is 0 Å². The average molecular weight is 297 g/mol. The molecule has 0 amide bonds. The van der Waals surface area contributed by atoms with E-state index in [0.717, 1.165) is 11.1 Å². The molecule has 0 fully saturated rings. The fraction of sp³-hybridized carbons (Fsp3) is 1.00. The number of hydrogen-bond donors (Lipinski definition) is 1. The molecule has 0 heterocycles. The Morgan fingerprint density at radius 1 is 1.55 bits per heavy atom. The van der Waals surface area contributed by atoms with Crippen LogP contribution in [0.2, 0.25) is 4.44 Å². The third-order valence-electron chi connectivity index (χ3n) is 1.18. The van der Waals surface area contributed by atoms with Gasteiger partial charge in [-0.15, -0.1) is 0 Å². The van der Waals surface area contributed by atoms with Crippen LogP contribution in [0.3, 0.4) is 0 Å². The van der Waals surface area contributed by atoms with E-state index in [1.807, 2.05) is 18.8 Å². The summed E-state index contributed by atoms with van der Waals surface area (Å²) >= 11 is 5.78. The standard InChI is InChI=1S/C7H16NS2.Sn/c1-4-10-7(2)5-9-6-8-3;/h7-8H,2,4-6H2,1,3H3;/q;+3. The Balaban J connectivity index is 3.20. The zero-order valence-corrected chi connectivity index (χ0v) is 11.7. The van der Waals surface area contributed by atoms with Crippen LogP contribution in [0, 0.1) is 0 Å². The third kappa shape index (κ3) is 7.81. The van der Waals surface area contributed by atoms with Crippen LogP contribution in [0.1, 0.15) is 6.92 Å². The fourth-order valence-corrected chi connectivity index (χ4v) is 4.68. The first-order valence-electron chi connectivity index (χ1n) is 3.83. The normalized spacial score (nSPS) is 13.5. The summed E-state index contributed by atoms with van der Waals surface area (Å²) in [7, 11) is 2.01. The second-order valence-corrected chi connectivity index (χ2v) is 5.92. The van der Waals surface area contributed by atoms with Crippen LogP contribution in [0.15, 0.2) is 0 Å². The van der Waals surface area contributed by atoms with Crippen molar-refractivity contribution in [3.05, 3.63) is 0 Å². The molecule has 1 atom stereocenters. The van der Waals surface area contributed by atoms with E-state index in [1.165, 1.54) is 15.9 Å². The van der Waals surface area contributed by atoms with Gasteiger partial charge in [-0.3, -0.25) is 0 Å². The molecule has 0 aliphatic carbocycles. The van der Waals surface area contributed by atoms with Crippen molar-refractivity contribution in [3.8, 4) is 0 Å². The molecule has 0 aromatic carbocycles. The molecule has 0 aromatic rings. The molecule has 0 rings (SSSR count). The number of rotatable bonds is 7. The molecular weight excluding hydrogens is 281 g/mol. The van der Waals surface area contributed by atoms with Gasteiger partial charge in [0.05, 0.1) is 0 Å². The van der Waals surface area contributed by atoms with Gasteiger partial charge in [-0.2, -0.15) is 0 Å². The van der Waals surface area contributed by atoms with E-state index < -0.39 is 0 Å². The first kappa shape index (κ1) is 12.5. The summed E-state index contributed by atoms with van der Waals surface area (Å²) in [5.74, 6) is 3.67. The monoisotopic (exact) mass is 298 g/mol. The summed E-state index contributed by atoms with van der Waals surface area (Å²) in [6.45, 7) is 2.24. The summed E-state index contributed by atoms with van der Waals surface area (Å²) in [5, 5.41) is 4.05. The Hall–Kier alpha value is 1.46. The molecule has 0 aliphatic heterocycles. The van der Waals surface area contributed by atoms with Gasteiger partial charge in [-0.05, 0) is 0 Å². The second kappa shape index (κ2) is 9.55. The van der Waals surface area contributed by atoms with Crippen LogP contribution >= 0.6 is 23.5 Å². The summed E-state index contributed by atoms with van der Waals surface area (Å²) in [4.78, 5) is 0. The molecule has 62 valence electrons. The Morgan fingerprint density at radius 3 is 2.73 bits per heavy atom. The molecule has 0 aliphatic rings. The average Bonchev–Trinajstić information content (AvgIpc) is 2.03. The molecule has 0 saturated carbocycles. The Labute approximate surface area is 91.9 Å². The molecule has 1 nitrogen and oxygen atoms in total. The van der Waals surface area contributed by atoms with Crippen LogP contribution < -0.4 is 5.32 Å². The fourth-order valence-electron chi connectivity index (χ4n) is 0.694. The van der Waals surface area contributed by atoms with Gasteiger partial charge in [0.15, 0.2) is 0 Å². The zero-order chi connectivity index (χ0) is 8.53. The van der Waals surface area contributed by atoms with E-state index in [0.29, 0.717) is 0 Å². The van der Waals surface area contributed by atoms with Gasteiger partial charge in [0.2, 0.25) is 0 Å². The van der Waals surface area contributed by atoms with Crippen molar-refractivity contribution in [2.75, 3.05) is 24.4 Å². The van der Waals surface area contributed by atoms with Gasteiger partial charge in [-0.25, -0.2) is 0 Å². The molecule has 1 unspecified atom stereocenters. The SMILES string of the molecule is CCSC([CH2][Sn+3])CSCNC. The molecular formula is C7H16NS2Sn+3. The second-order valence-electron chi connectivity index (χ2n) is 2.15. The Kier molecular flexibility index (Phi) is 10.8. The van der Waals surface area contributed by atoms with Crippen LogP contribution in [0.4, 0.5) is 0 Å². The summed E-state index contributed by atoms with van der Waals surface area (Å²) in [5.41, 5.74) is 0. The van der Waals surface area contributed by atoms with E-state index >= 15 is 0 Å². The van der Waals surface area contributed by atoms with Crippen LogP contribution in [-0.4, -0.2) is 52.2 Å². The number of thioether (sulfide) groups is 2. The van der Waals surface area contributed by atoms with E-state index in [9.17, 15) is 0 Å². The maximum absolute atomic E-state index is 3.15. The molecule has 0 aromatic heterocycles. The number of hydrogen-bond acceptors (Lipinski definition) is 3. The van der Waals surface area contributed by atoms with Crippen molar-refractivity contribution in [1.29, 1.82) is 0 Å². The van der Waals surface area contributed by atoms with Gasteiger partial charge < -0.3 is 0 Å². The molecule has 0 bridgehead atoms. The Bertz CT molecular complexity index is 82.8. The predicted molar refractivity (Wildman–Crippen MR) is 58.9 cm³/mol. The van der Waals surface area contributed by atoms with Crippen molar-refractivity contribution in [3.63, 3.8) is 0 Å². The van der Waals surface area contributed by atoms with Crippen LogP contribution in [0.5, 0.6) is 0 Å². The minimum atomic E-state index is 0.900. The van der Waals surface area contributed by atoms with Crippen LogP contribution in [0.25, 0.3) is 0 Å². The maximum atomic E-state index is 3.15. The number of nitrogens with one attached hydrogen (secondary N) is 1. The molecule has 11 heavy (non-hydrogen) atoms. The zero-order valence-electron chi connectivity index (χ0n) is 7.22. The summed E-state index contributed by atoms with van der Waals surface area (Å²) in [6, 6.07) is 0. The Morgan fingerprint density at radius 2 is 2.27 bits per heavy atom. The van der Waals surface area contributed by atoms with E-state index in [2.05, 4.69) is 24.0 Å². The topological polar surface area (TPSA) is 12.0 Å². The van der Waals surface area contributed by atoms with E-state index in [1.54, 1.807) is 22.5 Å². The van der Waals surface area contributed by atoms with Crippen molar-refractivity contribution >= 4 is 46.0 Å². The van der Waals surface area contributed by atoms with E-state index in [4.69, 9.17) is 0 Å². The first-order valence-corrected chi connectivity index (χ1v) is 8.05. The van der Waals surface area contributed by atoms with Gasteiger partial charge in [-0.1, -0.05) is 0 Å². The molecule has 1 N–H and O–H groups in total. The predicted octanol–water partition coefficient (Wildman–Crippen LogP) is 1.60. The van der Waals surface area contributed by atoms with Gasteiger partial charge in [0.25, 0.3) is 0 Å². The van der Waals surface area contributed by atoms with Gasteiger partial charge >= 0.3 is 92.4 Å². The van der Waals surface area contributed by atoms with E-state index in [-0.39, 0.29) is 0 Å². The summed E-state index contributed by atoms with van der Waals surface area (Å²) in [6.07, 6.45) is 0. The first-order chi connectivity index (χ1) is 5.35. The van der Waals surface area contributed by atoms with Crippen molar-refractivity contribution in [2.45, 2.75) is 16.6 Å². The molecule has 0 radical (unpaired) electrons. The third-order valence-corrected chi connectivity index (χ3v) is 5.91. The quantitative estimate of drug-likeness (QED) is 0.435. The van der Waals surface area contributed by atoms with Gasteiger partial charge in [0, 0.05) is 0 Å². The minimum absolute atomic E-state index is 0.900. The van der Waals surface area contributed by atoms with Crippen molar-refractivity contribution in [2.24, 2.45) is 0 Å². The van der Waals surface area contributed by atoms with Crippen LogP contribution in [-0.2, 0) is 0 Å².